The summed E-state index contributed by atoms with van der Waals surface area (Å²) in [5.74, 6) is 0.756. The number of benzene rings is 2. The largest absolute Gasteiger partial charge is 0.492 e. The summed E-state index contributed by atoms with van der Waals surface area (Å²) in [6.07, 6.45) is 0.712. The Kier molecular flexibility index (Phi) is 7.25. The van der Waals surface area contributed by atoms with Crippen LogP contribution in [0.15, 0.2) is 48.5 Å². The van der Waals surface area contributed by atoms with Gasteiger partial charge in [-0.2, -0.15) is 0 Å². The van der Waals surface area contributed by atoms with Gasteiger partial charge in [0.25, 0.3) is 5.91 Å². The van der Waals surface area contributed by atoms with Crippen LogP contribution in [0, 0.1) is 5.82 Å². The van der Waals surface area contributed by atoms with Gasteiger partial charge in [-0.15, -0.1) is 0 Å². The minimum atomic E-state index is -0.237. The number of quaternary nitrogens is 1. The Morgan fingerprint density at radius 3 is 2.57 bits per heavy atom. The lowest BCUT2D eigenvalue weighted by Gasteiger charge is -2.34. The number of ether oxygens (including phenoxy) is 1. The van der Waals surface area contributed by atoms with Crippen LogP contribution in [0.5, 0.6) is 5.75 Å². The van der Waals surface area contributed by atoms with Crippen molar-refractivity contribution < 1.29 is 18.8 Å². The molecule has 0 aromatic heterocycles. The van der Waals surface area contributed by atoms with Crippen molar-refractivity contribution in [3.8, 4) is 5.75 Å². The average Bonchev–Trinajstić information content (AvgIpc) is 2.71. The molecule has 2 N–H and O–H groups in total. The van der Waals surface area contributed by atoms with E-state index in [1.165, 1.54) is 17.0 Å². The molecule has 1 heterocycles. The van der Waals surface area contributed by atoms with Gasteiger partial charge >= 0.3 is 0 Å². The smallest absolute Gasteiger partial charge is 0.275 e. The first-order chi connectivity index (χ1) is 13.7. The number of piperazine rings is 1. The Balaban J connectivity index is 1.40. The Morgan fingerprint density at radius 2 is 1.86 bits per heavy atom. The average molecular weight is 386 g/mol. The van der Waals surface area contributed by atoms with Crippen LogP contribution in [-0.4, -0.2) is 51.8 Å². The third-order valence-corrected chi connectivity index (χ3v) is 5.04. The number of anilines is 1. The number of carbonyl (C=O) groups is 1. The van der Waals surface area contributed by atoms with Crippen molar-refractivity contribution in [2.24, 2.45) is 0 Å². The van der Waals surface area contributed by atoms with Crippen LogP contribution in [0.2, 0.25) is 0 Å². The Hall–Kier alpha value is -2.60. The number of nitrogens with one attached hydrogen (secondary N) is 2. The van der Waals surface area contributed by atoms with Crippen LogP contribution in [0.3, 0.4) is 0 Å². The lowest BCUT2D eigenvalue weighted by Crippen LogP contribution is -3.16. The van der Waals surface area contributed by atoms with Gasteiger partial charge in [0, 0.05) is 6.54 Å². The number of halogens is 1. The van der Waals surface area contributed by atoms with Crippen molar-refractivity contribution in [2.75, 3.05) is 50.8 Å². The normalized spacial score (nSPS) is 14.7. The molecule has 1 aliphatic heterocycles. The maximum atomic E-state index is 12.9. The minimum absolute atomic E-state index is 0.0697. The predicted octanol–water partition coefficient (Wildman–Crippen LogP) is 1.29. The predicted molar refractivity (Wildman–Crippen MR) is 109 cm³/mol. The zero-order valence-electron chi connectivity index (χ0n) is 16.4. The molecule has 150 valence electrons. The van der Waals surface area contributed by atoms with E-state index < -0.39 is 0 Å². The summed E-state index contributed by atoms with van der Waals surface area (Å²) < 4.78 is 18.6. The molecule has 0 radical (unpaired) electrons. The molecule has 0 spiro atoms. The zero-order chi connectivity index (χ0) is 19.8. The van der Waals surface area contributed by atoms with Gasteiger partial charge < -0.3 is 19.9 Å². The zero-order valence-corrected chi connectivity index (χ0v) is 16.4. The number of hydrogen-bond donors (Lipinski definition) is 2. The molecule has 0 saturated carbocycles. The lowest BCUT2D eigenvalue weighted by atomic mass is 10.1. The van der Waals surface area contributed by atoms with Crippen LogP contribution in [0.25, 0.3) is 0 Å². The maximum absolute atomic E-state index is 12.9. The second kappa shape index (κ2) is 10.1. The molecule has 1 fully saturated rings. The molecule has 1 amide bonds. The molecule has 1 aliphatic rings. The van der Waals surface area contributed by atoms with E-state index in [0.29, 0.717) is 26.1 Å². The third-order valence-electron chi connectivity index (χ3n) is 5.04. The minimum Gasteiger partial charge on any atom is -0.492 e. The van der Waals surface area contributed by atoms with Crippen molar-refractivity contribution in [3.63, 3.8) is 0 Å². The van der Waals surface area contributed by atoms with E-state index in [9.17, 15) is 9.18 Å². The number of carbonyl (C=O) groups excluding carboxylic acids is 1. The molecule has 0 unspecified atom stereocenters. The van der Waals surface area contributed by atoms with Crippen molar-refractivity contribution in [2.45, 2.75) is 13.3 Å². The van der Waals surface area contributed by atoms with E-state index in [2.05, 4.69) is 16.3 Å². The van der Waals surface area contributed by atoms with Crippen LogP contribution in [0.4, 0.5) is 10.1 Å². The summed E-state index contributed by atoms with van der Waals surface area (Å²) in [5, 5.41) is 2.97. The molecule has 2 aromatic carbocycles. The fourth-order valence-electron chi connectivity index (χ4n) is 3.52. The number of nitrogens with zero attached hydrogens (tertiary/aromatic N) is 1. The summed E-state index contributed by atoms with van der Waals surface area (Å²) in [4.78, 5) is 15.9. The molecule has 0 aliphatic carbocycles. The first-order valence-corrected chi connectivity index (χ1v) is 9.97. The molecule has 6 heteroatoms. The van der Waals surface area contributed by atoms with E-state index in [0.717, 1.165) is 43.2 Å². The van der Waals surface area contributed by atoms with E-state index in [1.54, 1.807) is 12.1 Å². The van der Waals surface area contributed by atoms with Gasteiger partial charge in [0.2, 0.25) is 0 Å². The topological polar surface area (TPSA) is 46.0 Å². The number of rotatable bonds is 8. The van der Waals surface area contributed by atoms with Crippen LogP contribution in [0.1, 0.15) is 12.5 Å². The summed E-state index contributed by atoms with van der Waals surface area (Å²) >= 11 is 0. The molecule has 3 rings (SSSR count). The maximum Gasteiger partial charge on any atom is 0.275 e. The molecule has 0 atom stereocenters. The number of hydrogen-bond acceptors (Lipinski definition) is 3. The van der Waals surface area contributed by atoms with Crippen LogP contribution in [-0.2, 0) is 11.2 Å². The van der Waals surface area contributed by atoms with E-state index in [1.807, 2.05) is 25.1 Å². The highest BCUT2D eigenvalue weighted by atomic mass is 19.1. The fourth-order valence-corrected chi connectivity index (χ4v) is 3.52. The second-order valence-electron chi connectivity index (χ2n) is 7.04. The fraction of sp³-hybridized carbons (Fsp3) is 0.409. The summed E-state index contributed by atoms with van der Waals surface area (Å²) in [5.41, 5.74) is 2.16. The Bertz CT molecular complexity index is 759. The standard InChI is InChI=1S/C22H28FN3O2/c1-2-28-21-6-4-3-5-20(21)26-15-13-25(14-16-26)17-22(27)24-12-11-18-7-9-19(23)10-8-18/h3-10H,2,11-17H2,1H3,(H,24,27)/p+1. The van der Waals surface area contributed by atoms with Gasteiger partial charge in [-0.05, 0) is 43.2 Å². The van der Waals surface area contributed by atoms with Crippen LogP contribution >= 0.6 is 0 Å². The van der Waals surface area contributed by atoms with Crippen molar-refractivity contribution >= 4 is 11.6 Å². The lowest BCUT2D eigenvalue weighted by molar-refractivity contribution is -0.892. The van der Waals surface area contributed by atoms with Crippen molar-refractivity contribution in [3.05, 3.63) is 59.9 Å². The molecule has 2 aromatic rings. The quantitative estimate of drug-likeness (QED) is 0.719. The highest BCUT2D eigenvalue weighted by molar-refractivity contribution is 5.76. The second-order valence-corrected chi connectivity index (χ2v) is 7.04. The van der Waals surface area contributed by atoms with Gasteiger partial charge in [0.05, 0.1) is 38.5 Å². The summed E-state index contributed by atoms with van der Waals surface area (Å²) in [6.45, 7) is 7.37. The van der Waals surface area contributed by atoms with Gasteiger partial charge in [0.1, 0.15) is 11.6 Å². The van der Waals surface area contributed by atoms with Crippen molar-refractivity contribution in [1.29, 1.82) is 0 Å². The van der Waals surface area contributed by atoms with E-state index in [-0.39, 0.29) is 11.7 Å². The number of para-hydroxylation sites is 2. The highest BCUT2D eigenvalue weighted by Gasteiger charge is 2.23. The molecule has 5 nitrogen and oxygen atoms in total. The van der Waals surface area contributed by atoms with E-state index in [4.69, 9.17) is 4.74 Å². The highest BCUT2D eigenvalue weighted by Crippen LogP contribution is 2.27. The molecular weight excluding hydrogens is 357 g/mol. The Labute approximate surface area is 166 Å². The van der Waals surface area contributed by atoms with Gasteiger partial charge in [-0.1, -0.05) is 24.3 Å². The van der Waals surface area contributed by atoms with Gasteiger partial charge in [-0.3, -0.25) is 4.79 Å². The number of amides is 1. The SMILES string of the molecule is CCOc1ccccc1N1CC[NH+](CC(=O)NCCc2ccc(F)cc2)CC1. The third kappa shape index (κ3) is 5.70. The van der Waals surface area contributed by atoms with Gasteiger partial charge in [0.15, 0.2) is 6.54 Å². The molecule has 0 bridgehead atoms. The first kappa shape index (κ1) is 20.1. The van der Waals surface area contributed by atoms with E-state index >= 15 is 0 Å². The first-order valence-electron chi connectivity index (χ1n) is 9.97. The molecule has 28 heavy (non-hydrogen) atoms. The summed E-state index contributed by atoms with van der Waals surface area (Å²) in [6, 6.07) is 14.5. The monoisotopic (exact) mass is 386 g/mol. The summed E-state index contributed by atoms with van der Waals surface area (Å²) in [7, 11) is 0. The molecular formula is C22H29FN3O2+. The Morgan fingerprint density at radius 1 is 1.14 bits per heavy atom. The molecule has 1 saturated heterocycles. The van der Waals surface area contributed by atoms with Crippen molar-refractivity contribution in [1.82, 2.24) is 5.32 Å². The van der Waals surface area contributed by atoms with Gasteiger partial charge in [-0.25, -0.2) is 4.39 Å². The van der Waals surface area contributed by atoms with Crippen LogP contribution < -0.4 is 19.9 Å².